The number of anilines is 1. The molecule has 154 valence electrons. The number of nitrogens with one attached hydrogen (secondary N) is 1. The predicted octanol–water partition coefficient (Wildman–Crippen LogP) is 3.59. The summed E-state index contributed by atoms with van der Waals surface area (Å²) in [6.07, 6.45) is -0.187. The lowest BCUT2D eigenvalue weighted by molar-refractivity contribution is -0.153. The monoisotopic (exact) mass is 396 g/mol. The van der Waals surface area contributed by atoms with Crippen LogP contribution in [0.1, 0.15) is 55.6 Å². The van der Waals surface area contributed by atoms with Gasteiger partial charge in [0.25, 0.3) is 5.91 Å². The second-order valence-electron chi connectivity index (χ2n) is 8.01. The highest BCUT2D eigenvalue weighted by molar-refractivity contribution is 5.96. The number of amides is 2. The first-order valence-electron chi connectivity index (χ1n) is 9.56. The van der Waals surface area contributed by atoms with Gasteiger partial charge in [0.05, 0.1) is 0 Å². The van der Waals surface area contributed by atoms with E-state index in [9.17, 15) is 14.4 Å². The molecule has 6 heteroatoms. The molecule has 2 amide bonds. The van der Waals surface area contributed by atoms with Crippen LogP contribution in [0.25, 0.3) is 0 Å². The van der Waals surface area contributed by atoms with E-state index in [4.69, 9.17) is 10.5 Å². The number of carbonyl (C=O) groups excluding carboxylic acids is 3. The molecular formula is C23H28N2O4. The summed E-state index contributed by atoms with van der Waals surface area (Å²) in [7, 11) is 0. The SMILES string of the molecule is C[C@@H](OC(=O)CCc1ccc(C(C)(C)C)cc1)C(=O)Nc1ccc(C(N)=O)cc1. The molecule has 0 saturated heterocycles. The second-order valence-corrected chi connectivity index (χ2v) is 8.01. The van der Waals surface area contributed by atoms with Gasteiger partial charge in [-0.3, -0.25) is 14.4 Å². The van der Waals surface area contributed by atoms with E-state index in [2.05, 4.69) is 38.2 Å². The molecule has 2 aromatic rings. The third-order valence-corrected chi connectivity index (χ3v) is 4.55. The molecule has 0 spiro atoms. The average molecular weight is 396 g/mol. The van der Waals surface area contributed by atoms with Crippen LogP contribution in [-0.2, 0) is 26.2 Å². The van der Waals surface area contributed by atoms with Crippen LogP contribution in [0.5, 0.6) is 0 Å². The van der Waals surface area contributed by atoms with Crippen LogP contribution in [0.15, 0.2) is 48.5 Å². The van der Waals surface area contributed by atoms with Crippen LogP contribution in [0.2, 0.25) is 0 Å². The van der Waals surface area contributed by atoms with Gasteiger partial charge in [-0.25, -0.2) is 0 Å². The molecule has 0 aliphatic heterocycles. The number of hydrogen-bond donors (Lipinski definition) is 2. The fourth-order valence-corrected chi connectivity index (χ4v) is 2.69. The Kier molecular flexibility index (Phi) is 7.15. The summed E-state index contributed by atoms with van der Waals surface area (Å²) < 4.78 is 5.22. The number of carbonyl (C=O) groups is 3. The lowest BCUT2D eigenvalue weighted by Gasteiger charge is -2.19. The maximum atomic E-state index is 12.2. The van der Waals surface area contributed by atoms with Gasteiger partial charge < -0.3 is 15.8 Å². The van der Waals surface area contributed by atoms with Crippen molar-refractivity contribution >= 4 is 23.5 Å². The van der Waals surface area contributed by atoms with Crippen molar-refractivity contribution in [3.05, 3.63) is 65.2 Å². The number of ether oxygens (including phenoxy) is 1. The molecule has 0 aromatic heterocycles. The van der Waals surface area contributed by atoms with Gasteiger partial charge in [0.1, 0.15) is 0 Å². The number of hydrogen-bond acceptors (Lipinski definition) is 4. The zero-order valence-electron chi connectivity index (χ0n) is 17.3. The molecule has 0 radical (unpaired) electrons. The van der Waals surface area contributed by atoms with Crippen LogP contribution in [0.4, 0.5) is 5.69 Å². The van der Waals surface area contributed by atoms with Crippen molar-refractivity contribution in [2.24, 2.45) is 5.73 Å². The predicted molar refractivity (Wildman–Crippen MR) is 113 cm³/mol. The minimum atomic E-state index is -0.929. The summed E-state index contributed by atoms with van der Waals surface area (Å²) in [6, 6.07) is 14.3. The molecule has 0 heterocycles. The molecule has 2 rings (SSSR count). The van der Waals surface area contributed by atoms with Gasteiger partial charge in [-0.15, -0.1) is 0 Å². The van der Waals surface area contributed by atoms with Crippen molar-refractivity contribution in [1.82, 2.24) is 0 Å². The lowest BCUT2D eigenvalue weighted by atomic mass is 9.86. The van der Waals surface area contributed by atoms with E-state index in [0.717, 1.165) is 5.56 Å². The molecule has 0 unspecified atom stereocenters. The maximum Gasteiger partial charge on any atom is 0.306 e. The summed E-state index contributed by atoms with van der Waals surface area (Å²) in [5, 5.41) is 2.64. The Labute approximate surface area is 171 Å². The smallest absolute Gasteiger partial charge is 0.306 e. The molecule has 0 saturated carbocycles. The Morgan fingerprint density at radius 1 is 1.00 bits per heavy atom. The summed E-state index contributed by atoms with van der Waals surface area (Å²) in [5.41, 5.74) is 8.38. The summed E-state index contributed by atoms with van der Waals surface area (Å²) >= 11 is 0. The van der Waals surface area contributed by atoms with Crippen LogP contribution in [-0.4, -0.2) is 23.9 Å². The fourth-order valence-electron chi connectivity index (χ4n) is 2.69. The zero-order valence-corrected chi connectivity index (χ0v) is 17.3. The molecule has 0 aliphatic rings. The highest BCUT2D eigenvalue weighted by Gasteiger charge is 2.18. The van der Waals surface area contributed by atoms with E-state index < -0.39 is 23.9 Å². The zero-order chi connectivity index (χ0) is 21.6. The molecule has 0 bridgehead atoms. The maximum absolute atomic E-state index is 12.2. The summed E-state index contributed by atoms with van der Waals surface area (Å²) in [5.74, 6) is -1.42. The third-order valence-electron chi connectivity index (χ3n) is 4.55. The largest absolute Gasteiger partial charge is 0.453 e. The van der Waals surface area contributed by atoms with Crippen LogP contribution >= 0.6 is 0 Å². The van der Waals surface area contributed by atoms with Crippen LogP contribution in [0, 0.1) is 0 Å². The normalized spacial score (nSPS) is 12.1. The molecule has 0 fully saturated rings. The molecule has 6 nitrogen and oxygen atoms in total. The van der Waals surface area contributed by atoms with Gasteiger partial charge in [-0.05, 0) is 54.2 Å². The standard InChI is InChI=1S/C23H28N2O4/c1-15(22(28)25-19-12-8-17(9-13-19)21(24)27)29-20(26)14-7-16-5-10-18(11-6-16)23(2,3)4/h5-6,8-13,15H,7,14H2,1-4H3,(H2,24,27)(H,25,28)/t15-/m1/s1. The Bertz CT molecular complexity index is 865. The molecule has 1 atom stereocenters. The Morgan fingerprint density at radius 2 is 1.59 bits per heavy atom. The van der Waals surface area contributed by atoms with E-state index in [1.165, 1.54) is 24.6 Å². The van der Waals surface area contributed by atoms with E-state index in [-0.39, 0.29) is 11.8 Å². The Hall–Kier alpha value is -3.15. The number of primary amides is 1. The quantitative estimate of drug-likeness (QED) is 0.699. The van der Waals surface area contributed by atoms with Crippen molar-refractivity contribution in [2.75, 3.05) is 5.32 Å². The third kappa shape index (κ3) is 6.75. The number of rotatable bonds is 7. The number of nitrogens with two attached hydrogens (primary N) is 1. The van der Waals surface area contributed by atoms with Crippen molar-refractivity contribution in [1.29, 1.82) is 0 Å². The molecular weight excluding hydrogens is 368 g/mol. The first-order valence-corrected chi connectivity index (χ1v) is 9.56. The molecule has 0 aliphatic carbocycles. The fraction of sp³-hybridized carbons (Fsp3) is 0.348. The topological polar surface area (TPSA) is 98.5 Å². The summed E-state index contributed by atoms with van der Waals surface area (Å²) in [4.78, 5) is 35.3. The minimum Gasteiger partial charge on any atom is -0.453 e. The van der Waals surface area contributed by atoms with Gasteiger partial charge in [0.15, 0.2) is 6.10 Å². The minimum absolute atomic E-state index is 0.0838. The van der Waals surface area contributed by atoms with E-state index >= 15 is 0 Å². The second kappa shape index (κ2) is 9.37. The molecule has 2 aromatic carbocycles. The first kappa shape index (κ1) is 22.1. The van der Waals surface area contributed by atoms with Crippen molar-refractivity contribution in [2.45, 2.75) is 52.1 Å². The highest BCUT2D eigenvalue weighted by Crippen LogP contribution is 2.22. The van der Waals surface area contributed by atoms with E-state index in [0.29, 0.717) is 17.7 Å². The first-order chi connectivity index (χ1) is 13.6. The van der Waals surface area contributed by atoms with Crippen molar-refractivity contribution < 1.29 is 19.1 Å². The van der Waals surface area contributed by atoms with Crippen molar-refractivity contribution in [3.8, 4) is 0 Å². The lowest BCUT2D eigenvalue weighted by Crippen LogP contribution is -2.30. The number of aryl methyl sites for hydroxylation is 1. The molecule has 29 heavy (non-hydrogen) atoms. The summed E-state index contributed by atoms with van der Waals surface area (Å²) in [6.45, 7) is 7.97. The number of benzene rings is 2. The van der Waals surface area contributed by atoms with Gasteiger partial charge in [0, 0.05) is 17.7 Å². The Morgan fingerprint density at radius 3 is 2.10 bits per heavy atom. The Balaban J connectivity index is 1.81. The van der Waals surface area contributed by atoms with Gasteiger partial charge in [-0.2, -0.15) is 0 Å². The van der Waals surface area contributed by atoms with Crippen LogP contribution < -0.4 is 11.1 Å². The van der Waals surface area contributed by atoms with Gasteiger partial charge in [-0.1, -0.05) is 45.0 Å². The average Bonchev–Trinajstić information content (AvgIpc) is 2.66. The van der Waals surface area contributed by atoms with E-state index in [1.807, 2.05) is 12.1 Å². The molecule has 3 N–H and O–H groups in total. The van der Waals surface area contributed by atoms with Gasteiger partial charge in [0.2, 0.25) is 5.91 Å². The van der Waals surface area contributed by atoms with Crippen LogP contribution in [0.3, 0.4) is 0 Å². The van der Waals surface area contributed by atoms with Gasteiger partial charge >= 0.3 is 5.97 Å². The highest BCUT2D eigenvalue weighted by atomic mass is 16.5. The number of esters is 1. The van der Waals surface area contributed by atoms with Crippen molar-refractivity contribution in [3.63, 3.8) is 0 Å². The van der Waals surface area contributed by atoms with E-state index in [1.54, 1.807) is 12.1 Å².